The van der Waals surface area contributed by atoms with Crippen LogP contribution in [-0.2, 0) is 17.8 Å². The van der Waals surface area contributed by atoms with Gasteiger partial charge in [-0.05, 0) is 53.4 Å². The van der Waals surface area contributed by atoms with Crippen LogP contribution in [0.25, 0.3) is 0 Å². The molecule has 0 amide bonds. The van der Waals surface area contributed by atoms with Gasteiger partial charge in [-0.15, -0.1) is 0 Å². The summed E-state index contributed by atoms with van der Waals surface area (Å²) in [6, 6.07) is 32.2. The van der Waals surface area contributed by atoms with E-state index >= 15 is 0 Å². The van der Waals surface area contributed by atoms with Gasteiger partial charge >= 0.3 is 5.97 Å². The van der Waals surface area contributed by atoms with E-state index < -0.39 is 11.9 Å². The average molecular weight is 533 g/mol. The second-order valence-electron chi connectivity index (χ2n) is 9.23. The molecule has 1 heterocycles. The van der Waals surface area contributed by atoms with Gasteiger partial charge in [-0.1, -0.05) is 67.6 Å². The molecule has 0 radical (unpaired) electrons. The van der Waals surface area contributed by atoms with Crippen LogP contribution < -0.4 is 24.7 Å². The number of fused-ring (bicyclic) bond motifs is 1. The lowest BCUT2D eigenvalue weighted by molar-refractivity contribution is -0.136. The topological polar surface area (TPSA) is 104 Å². The van der Waals surface area contributed by atoms with Crippen molar-refractivity contribution in [2.75, 3.05) is 6.61 Å². The molecule has 0 bridgehead atoms. The Hall–Kier alpha value is -5.22. The summed E-state index contributed by atoms with van der Waals surface area (Å²) in [7, 11) is 0. The molecule has 40 heavy (non-hydrogen) atoms. The first-order chi connectivity index (χ1) is 19.5. The minimum Gasteiger partial charge on any atom is -0.489 e. The van der Waals surface area contributed by atoms with E-state index in [1.54, 1.807) is 18.2 Å². The summed E-state index contributed by atoms with van der Waals surface area (Å²) in [5.41, 5.74) is 10.2. The summed E-state index contributed by atoms with van der Waals surface area (Å²) in [6.07, 6.45) is 0.923. The van der Waals surface area contributed by atoms with Crippen molar-refractivity contribution in [2.45, 2.75) is 25.9 Å². The van der Waals surface area contributed by atoms with E-state index in [0.717, 1.165) is 23.1 Å². The van der Waals surface area contributed by atoms with Crippen LogP contribution in [0.15, 0.2) is 109 Å². The summed E-state index contributed by atoms with van der Waals surface area (Å²) >= 11 is 0. The Morgan fingerprint density at radius 1 is 0.875 bits per heavy atom. The van der Waals surface area contributed by atoms with E-state index in [4.69, 9.17) is 24.7 Å². The normalized spacial score (nSPS) is 13.9. The molecule has 7 heteroatoms. The second kappa shape index (κ2) is 12.1. The molecule has 0 aromatic heterocycles. The number of aryl methyl sites for hydroxylation is 1. The third kappa shape index (κ3) is 6.08. The van der Waals surface area contributed by atoms with Gasteiger partial charge in [-0.2, -0.15) is 5.26 Å². The van der Waals surface area contributed by atoms with Gasteiger partial charge in [0.1, 0.15) is 41.2 Å². The summed E-state index contributed by atoms with van der Waals surface area (Å²) in [5.74, 6) is 0.893. The maximum absolute atomic E-state index is 12.4. The highest BCUT2D eigenvalue weighted by atomic mass is 16.6. The highest BCUT2D eigenvalue weighted by Gasteiger charge is 2.31. The predicted molar refractivity (Wildman–Crippen MR) is 150 cm³/mol. The van der Waals surface area contributed by atoms with E-state index in [1.807, 2.05) is 78.9 Å². The van der Waals surface area contributed by atoms with E-state index in [0.29, 0.717) is 29.4 Å². The number of esters is 1. The highest BCUT2D eigenvalue weighted by Crippen LogP contribution is 2.44. The molecular weight excluding hydrogens is 504 g/mol. The van der Waals surface area contributed by atoms with E-state index in [-0.39, 0.29) is 18.2 Å². The number of ether oxygens (including phenoxy) is 4. The van der Waals surface area contributed by atoms with E-state index in [2.05, 4.69) is 13.0 Å². The molecule has 200 valence electrons. The zero-order chi connectivity index (χ0) is 27.9. The van der Waals surface area contributed by atoms with Crippen molar-refractivity contribution < 1.29 is 23.7 Å². The van der Waals surface area contributed by atoms with Gasteiger partial charge in [0.2, 0.25) is 5.88 Å². The van der Waals surface area contributed by atoms with Crippen LogP contribution in [0, 0.1) is 11.3 Å². The predicted octanol–water partition coefficient (Wildman–Crippen LogP) is 6.03. The van der Waals surface area contributed by atoms with E-state index in [1.165, 1.54) is 5.56 Å². The molecule has 0 spiro atoms. The SMILES string of the molecule is CCc1ccc(OCC(=O)Oc2ccc3c(c2)OC(N)=C(C#N)C3c2cccc(OCc3ccccc3)c2)cc1. The molecule has 5 rings (SSSR count). The van der Waals surface area contributed by atoms with Crippen molar-refractivity contribution in [3.05, 3.63) is 131 Å². The number of rotatable bonds is 9. The minimum atomic E-state index is -0.559. The maximum Gasteiger partial charge on any atom is 0.349 e. The van der Waals surface area contributed by atoms with Crippen LogP contribution >= 0.6 is 0 Å². The lowest BCUT2D eigenvalue weighted by atomic mass is 9.83. The molecule has 2 N–H and O–H groups in total. The summed E-state index contributed by atoms with van der Waals surface area (Å²) in [6.45, 7) is 2.24. The molecule has 0 aliphatic carbocycles. The van der Waals surface area contributed by atoms with Crippen LogP contribution in [0.3, 0.4) is 0 Å². The molecular formula is C33H28N2O5. The van der Waals surface area contributed by atoms with Crippen molar-refractivity contribution in [2.24, 2.45) is 5.73 Å². The fourth-order valence-corrected chi connectivity index (χ4v) is 4.49. The molecule has 0 saturated carbocycles. The standard InChI is InChI=1S/C33H28N2O5/c1-2-22-11-13-25(14-12-22)38-21-31(36)39-27-15-16-28-30(18-27)40-33(35)29(19-34)32(28)24-9-6-10-26(17-24)37-20-23-7-4-3-5-8-23/h3-18,32H,2,20-21,35H2,1H3. The molecule has 0 fully saturated rings. The molecule has 1 atom stereocenters. The van der Waals surface area contributed by atoms with Crippen molar-refractivity contribution in [1.29, 1.82) is 5.26 Å². The van der Waals surface area contributed by atoms with Crippen LogP contribution in [0.4, 0.5) is 0 Å². The van der Waals surface area contributed by atoms with Gasteiger partial charge in [0.25, 0.3) is 0 Å². The third-order valence-electron chi connectivity index (χ3n) is 6.55. The van der Waals surface area contributed by atoms with Crippen LogP contribution in [0.2, 0.25) is 0 Å². The molecule has 7 nitrogen and oxygen atoms in total. The fraction of sp³-hybridized carbons (Fsp3) is 0.152. The van der Waals surface area contributed by atoms with Gasteiger partial charge in [0, 0.05) is 11.6 Å². The first-order valence-electron chi connectivity index (χ1n) is 12.9. The highest BCUT2D eigenvalue weighted by molar-refractivity contribution is 5.74. The second-order valence-corrected chi connectivity index (χ2v) is 9.23. The lowest BCUT2D eigenvalue weighted by Gasteiger charge is -2.27. The first-order valence-corrected chi connectivity index (χ1v) is 12.9. The smallest absolute Gasteiger partial charge is 0.349 e. The van der Waals surface area contributed by atoms with Gasteiger partial charge in [0.15, 0.2) is 6.61 Å². The summed E-state index contributed by atoms with van der Waals surface area (Å²) in [5, 5.41) is 9.91. The van der Waals surface area contributed by atoms with Crippen LogP contribution in [0.1, 0.15) is 35.1 Å². The number of nitrogens with two attached hydrogens (primary N) is 1. The number of hydrogen-bond donors (Lipinski definition) is 1. The Balaban J connectivity index is 1.32. The number of hydrogen-bond acceptors (Lipinski definition) is 7. The zero-order valence-corrected chi connectivity index (χ0v) is 22.0. The molecule has 1 aliphatic rings. The van der Waals surface area contributed by atoms with Crippen LogP contribution in [0.5, 0.6) is 23.0 Å². The monoisotopic (exact) mass is 532 g/mol. The van der Waals surface area contributed by atoms with Crippen LogP contribution in [-0.4, -0.2) is 12.6 Å². The molecule has 1 aliphatic heterocycles. The van der Waals surface area contributed by atoms with E-state index in [9.17, 15) is 10.1 Å². The van der Waals surface area contributed by atoms with Gasteiger partial charge < -0.3 is 24.7 Å². The minimum absolute atomic E-state index is 0.00190. The Kier molecular flexibility index (Phi) is 7.98. The maximum atomic E-state index is 12.4. The van der Waals surface area contributed by atoms with Gasteiger partial charge in [0.05, 0.1) is 5.92 Å². The fourth-order valence-electron chi connectivity index (χ4n) is 4.49. The number of nitriles is 1. The summed E-state index contributed by atoms with van der Waals surface area (Å²) in [4.78, 5) is 12.4. The first kappa shape index (κ1) is 26.4. The lowest BCUT2D eigenvalue weighted by Crippen LogP contribution is -2.21. The quantitative estimate of drug-likeness (QED) is 0.207. The summed E-state index contributed by atoms with van der Waals surface area (Å²) < 4.78 is 22.8. The van der Waals surface area contributed by atoms with Gasteiger partial charge in [-0.3, -0.25) is 0 Å². The Morgan fingerprint density at radius 3 is 2.40 bits per heavy atom. The number of carbonyl (C=O) groups is 1. The average Bonchev–Trinajstić information content (AvgIpc) is 2.99. The number of benzene rings is 4. The molecule has 1 unspecified atom stereocenters. The Labute approximate surface area is 233 Å². The van der Waals surface area contributed by atoms with Crippen molar-refractivity contribution in [3.63, 3.8) is 0 Å². The third-order valence-corrected chi connectivity index (χ3v) is 6.55. The van der Waals surface area contributed by atoms with Crippen molar-refractivity contribution >= 4 is 5.97 Å². The number of allylic oxidation sites excluding steroid dienone is 1. The zero-order valence-electron chi connectivity index (χ0n) is 22.0. The molecule has 4 aromatic carbocycles. The van der Waals surface area contributed by atoms with Crippen molar-refractivity contribution in [3.8, 4) is 29.1 Å². The number of nitrogens with zero attached hydrogens (tertiary/aromatic N) is 1. The van der Waals surface area contributed by atoms with Gasteiger partial charge in [-0.25, -0.2) is 4.79 Å². The van der Waals surface area contributed by atoms with Crippen molar-refractivity contribution in [1.82, 2.24) is 0 Å². The number of carbonyl (C=O) groups excluding carboxylic acids is 1. The Bertz CT molecular complexity index is 1570. The molecule has 0 saturated heterocycles. The largest absolute Gasteiger partial charge is 0.489 e. The molecule has 4 aromatic rings. The Morgan fingerprint density at radius 2 is 1.65 bits per heavy atom.